The highest BCUT2D eigenvalue weighted by atomic mass is 16.5. The number of hydrogen-bond donors (Lipinski definition) is 1. The Bertz CT molecular complexity index is 423. The van der Waals surface area contributed by atoms with E-state index < -0.39 is 0 Å². The standard InChI is InChI=1S/C15H23N3O/c1-19-15-9-13(12-4-2-3-5-12)17-14(18-15)8-11-6-7-16-10-11/h9,11-12,16H,2-8,10H2,1H3. The predicted octanol–water partition coefficient (Wildman–Crippen LogP) is 2.29. The Balaban J connectivity index is 1.79. The summed E-state index contributed by atoms with van der Waals surface area (Å²) in [6, 6.07) is 2.03. The maximum atomic E-state index is 5.35. The van der Waals surface area contributed by atoms with E-state index in [1.165, 1.54) is 37.8 Å². The van der Waals surface area contributed by atoms with Gasteiger partial charge in [-0.25, -0.2) is 4.98 Å². The summed E-state index contributed by atoms with van der Waals surface area (Å²) in [6.07, 6.45) is 7.41. The van der Waals surface area contributed by atoms with E-state index in [0.29, 0.717) is 11.8 Å². The maximum absolute atomic E-state index is 5.35. The molecule has 1 aliphatic carbocycles. The lowest BCUT2D eigenvalue weighted by atomic mass is 10.0. The minimum Gasteiger partial charge on any atom is -0.481 e. The number of aromatic nitrogens is 2. The van der Waals surface area contributed by atoms with Gasteiger partial charge in [-0.05, 0) is 38.3 Å². The van der Waals surface area contributed by atoms with Crippen molar-refractivity contribution in [2.75, 3.05) is 20.2 Å². The minimum atomic E-state index is 0.623. The van der Waals surface area contributed by atoms with Crippen molar-refractivity contribution >= 4 is 0 Å². The molecule has 104 valence electrons. The smallest absolute Gasteiger partial charge is 0.216 e. The molecule has 0 spiro atoms. The number of ether oxygens (including phenoxy) is 1. The normalized spacial score (nSPS) is 23.9. The first-order valence-electron chi connectivity index (χ1n) is 7.47. The van der Waals surface area contributed by atoms with Crippen LogP contribution in [0.5, 0.6) is 5.88 Å². The minimum absolute atomic E-state index is 0.623. The molecule has 1 aliphatic heterocycles. The largest absolute Gasteiger partial charge is 0.481 e. The molecule has 0 bridgehead atoms. The lowest BCUT2D eigenvalue weighted by Crippen LogP contribution is -2.13. The van der Waals surface area contributed by atoms with Crippen molar-refractivity contribution in [3.05, 3.63) is 17.6 Å². The quantitative estimate of drug-likeness (QED) is 0.903. The van der Waals surface area contributed by atoms with E-state index in [1.807, 2.05) is 6.07 Å². The van der Waals surface area contributed by atoms with Crippen LogP contribution in [-0.2, 0) is 6.42 Å². The predicted molar refractivity (Wildman–Crippen MR) is 74.5 cm³/mol. The SMILES string of the molecule is COc1cc(C2CCCC2)nc(CC2CCNC2)n1. The summed E-state index contributed by atoms with van der Waals surface area (Å²) in [5.41, 5.74) is 1.20. The maximum Gasteiger partial charge on any atom is 0.216 e. The van der Waals surface area contributed by atoms with Crippen molar-refractivity contribution in [1.29, 1.82) is 0 Å². The molecular weight excluding hydrogens is 238 g/mol. The first kappa shape index (κ1) is 12.9. The monoisotopic (exact) mass is 261 g/mol. The van der Waals surface area contributed by atoms with Crippen LogP contribution in [0.2, 0.25) is 0 Å². The number of hydrogen-bond acceptors (Lipinski definition) is 4. The van der Waals surface area contributed by atoms with E-state index in [1.54, 1.807) is 7.11 Å². The Morgan fingerprint density at radius 3 is 2.79 bits per heavy atom. The van der Waals surface area contributed by atoms with Crippen LogP contribution in [-0.4, -0.2) is 30.2 Å². The van der Waals surface area contributed by atoms with E-state index in [-0.39, 0.29) is 0 Å². The van der Waals surface area contributed by atoms with Crippen molar-refractivity contribution < 1.29 is 4.74 Å². The first-order chi connectivity index (χ1) is 9.35. The molecule has 2 heterocycles. The third kappa shape index (κ3) is 3.06. The third-order valence-electron chi connectivity index (χ3n) is 4.38. The van der Waals surface area contributed by atoms with Gasteiger partial charge in [0.1, 0.15) is 5.82 Å². The molecule has 1 saturated heterocycles. The van der Waals surface area contributed by atoms with Crippen LogP contribution in [0.15, 0.2) is 6.07 Å². The molecule has 1 saturated carbocycles. The van der Waals surface area contributed by atoms with Gasteiger partial charge < -0.3 is 10.1 Å². The highest BCUT2D eigenvalue weighted by Crippen LogP contribution is 2.34. The van der Waals surface area contributed by atoms with Gasteiger partial charge in [0.05, 0.1) is 12.8 Å². The average molecular weight is 261 g/mol. The van der Waals surface area contributed by atoms with Crippen molar-refractivity contribution in [2.24, 2.45) is 5.92 Å². The number of nitrogens with zero attached hydrogens (tertiary/aromatic N) is 2. The molecule has 2 aliphatic rings. The first-order valence-corrected chi connectivity index (χ1v) is 7.47. The molecule has 19 heavy (non-hydrogen) atoms. The zero-order valence-corrected chi connectivity index (χ0v) is 11.7. The van der Waals surface area contributed by atoms with E-state index in [0.717, 1.165) is 31.2 Å². The summed E-state index contributed by atoms with van der Waals surface area (Å²) in [7, 11) is 1.70. The van der Waals surface area contributed by atoms with Crippen LogP contribution in [0.25, 0.3) is 0 Å². The van der Waals surface area contributed by atoms with Crippen LogP contribution in [0.1, 0.15) is 49.5 Å². The molecule has 1 aromatic heterocycles. The van der Waals surface area contributed by atoms with Crippen molar-refractivity contribution in [3.63, 3.8) is 0 Å². The van der Waals surface area contributed by atoms with Crippen molar-refractivity contribution in [1.82, 2.24) is 15.3 Å². The highest BCUT2D eigenvalue weighted by molar-refractivity contribution is 5.20. The molecule has 3 rings (SSSR count). The molecule has 4 heteroatoms. The second-order valence-electron chi connectivity index (χ2n) is 5.80. The van der Waals surface area contributed by atoms with Crippen LogP contribution in [0.4, 0.5) is 0 Å². The zero-order valence-electron chi connectivity index (χ0n) is 11.7. The Labute approximate surface area is 115 Å². The van der Waals surface area contributed by atoms with Gasteiger partial charge >= 0.3 is 0 Å². The Morgan fingerprint density at radius 1 is 1.26 bits per heavy atom. The summed E-state index contributed by atoms with van der Waals surface area (Å²) in [5.74, 6) is 3.01. The molecule has 0 amide bonds. The summed E-state index contributed by atoms with van der Waals surface area (Å²) in [5, 5.41) is 3.40. The van der Waals surface area contributed by atoms with Crippen LogP contribution < -0.4 is 10.1 Å². The number of rotatable bonds is 4. The zero-order chi connectivity index (χ0) is 13.1. The fraction of sp³-hybridized carbons (Fsp3) is 0.733. The molecule has 0 aromatic carbocycles. The van der Waals surface area contributed by atoms with Crippen LogP contribution >= 0.6 is 0 Å². The van der Waals surface area contributed by atoms with E-state index in [9.17, 15) is 0 Å². The molecule has 1 aromatic rings. The lowest BCUT2D eigenvalue weighted by molar-refractivity contribution is 0.391. The molecule has 1 unspecified atom stereocenters. The summed E-state index contributed by atoms with van der Waals surface area (Å²) < 4.78 is 5.35. The average Bonchev–Trinajstić information content (AvgIpc) is 3.11. The van der Waals surface area contributed by atoms with Gasteiger partial charge in [-0.1, -0.05) is 12.8 Å². The highest BCUT2D eigenvalue weighted by Gasteiger charge is 2.22. The van der Waals surface area contributed by atoms with E-state index in [2.05, 4.69) is 10.3 Å². The van der Waals surface area contributed by atoms with E-state index >= 15 is 0 Å². The molecule has 2 fully saturated rings. The molecule has 1 N–H and O–H groups in total. The summed E-state index contributed by atoms with van der Waals surface area (Å²) in [4.78, 5) is 9.33. The Hall–Kier alpha value is -1.16. The summed E-state index contributed by atoms with van der Waals surface area (Å²) >= 11 is 0. The van der Waals surface area contributed by atoms with E-state index in [4.69, 9.17) is 9.72 Å². The lowest BCUT2D eigenvalue weighted by Gasteiger charge is -2.13. The molecule has 0 radical (unpaired) electrons. The van der Waals surface area contributed by atoms with Crippen molar-refractivity contribution in [2.45, 2.75) is 44.4 Å². The second kappa shape index (κ2) is 5.87. The van der Waals surface area contributed by atoms with Gasteiger partial charge in [0.2, 0.25) is 5.88 Å². The third-order valence-corrected chi connectivity index (χ3v) is 4.38. The van der Waals surface area contributed by atoms with Gasteiger partial charge in [-0.15, -0.1) is 0 Å². The fourth-order valence-electron chi connectivity index (χ4n) is 3.27. The number of methoxy groups -OCH3 is 1. The van der Waals surface area contributed by atoms with Crippen LogP contribution in [0.3, 0.4) is 0 Å². The second-order valence-corrected chi connectivity index (χ2v) is 5.80. The molecular formula is C15H23N3O. The van der Waals surface area contributed by atoms with Gasteiger partial charge in [-0.3, -0.25) is 0 Å². The topological polar surface area (TPSA) is 47.0 Å². The van der Waals surface area contributed by atoms with Gasteiger partial charge in [-0.2, -0.15) is 4.98 Å². The Morgan fingerprint density at radius 2 is 2.11 bits per heavy atom. The Kier molecular flexibility index (Phi) is 3.97. The van der Waals surface area contributed by atoms with Crippen molar-refractivity contribution in [3.8, 4) is 5.88 Å². The van der Waals surface area contributed by atoms with Gasteiger partial charge in [0.25, 0.3) is 0 Å². The molecule has 4 nitrogen and oxygen atoms in total. The van der Waals surface area contributed by atoms with Gasteiger partial charge in [0.15, 0.2) is 0 Å². The van der Waals surface area contributed by atoms with Crippen LogP contribution in [0, 0.1) is 5.92 Å². The summed E-state index contributed by atoms with van der Waals surface area (Å²) in [6.45, 7) is 2.23. The van der Waals surface area contributed by atoms with Gasteiger partial charge in [0, 0.05) is 18.4 Å². The number of nitrogens with one attached hydrogen (secondary N) is 1. The fourth-order valence-corrected chi connectivity index (χ4v) is 3.27. The molecule has 1 atom stereocenters.